The van der Waals surface area contributed by atoms with E-state index >= 15 is 0 Å². The van der Waals surface area contributed by atoms with Crippen LogP contribution in [0.5, 0.6) is 11.5 Å². The maximum Gasteiger partial charge on any atom is 0.162 e. The molecular formula is C11H17NO2. The largest absolute Gasteiger partial charge is 0.504 e. The highest BCUT2D eigenvalue weighted by Crippen LogP contribution is 2.29. The van der Waals surface area contributed by atoms with Gasteiger partial charge in [-0.2, -0.15) is 0 Å². The second kappa shape index (κ2) is 3.88. The Bertz CT molecular complexity index is 316. The molecular weight excluding hydrogens is 178 g/mol. The lowest BCUT2D eigenvalue weighted by atomic mass is 10.1. The van der Waals surface area contributed by atoms with Gasteiger partial charge in [-0.1, -0.05) is 6.07 Å². The summed E-state index contributed by atoms with van der Waals surface area (Å²) in [6.07, 6.45) is 0. The van der Waals surface area contributed by atoms with Crippen molar-refractivity contribution in [3.05, 3.63) is 23.8 Å². The normalized spacial score (nSPS) is 11.4. The molecule has 3 heteroatoms. The zero-order chi connectivity index (χ0) is 10.8. The van der Waals surface area contributed by atoms with Crippen LogP contribution >= 0.6 is 0 Å². The van der Waals surface area contributed by atoms with Gasteiger partial charge in [-0.25, -0.2) is 0 Å². The lowest BCUT2D eigenvalue weighted by molar-refractivity contribution is 0.126. The Morgan fingerprint density at radius 1 is 1.36 bits per heavy atom. The first-order valence-corrected chi connectivity index (χ1v) is 4.63. The van der Waals surface area contributed by atoms with Gasteiger partial charge in [-0.3, -0.25) is 0 Å². The summed E-state index contributed by atoms with van der Waals surface area (Å²) in [6.45, 7) is 6.24. The first kappa shape index (κ1) is 10.9. The fraction of sp³-hybridized carbons (Fsp3) is 0.455. The van der Waals surface area contributed by atoms with Crippen LogP contribution in [0, 0.1) is 0 Å². The van der Waals surface area contributed by atoms with Crippen LogP contribution in [-0.4, -0.2) is 10.7 Å². The molecule has 3 nitrogen and oxygen atoms in total. The van der Waals surface area contributed by atoms with Gasteiger partial charge >= 0.3 is 0 Å². The Kier molecular flexibility index (Phi) is 3.01. The monoisotopic (exact) mass is 195 g/mol. The molecule has 78 valence electrons. The van der Waals surface area contributed by atoms with Crippen molar-refractivity contribution in [1.29, 1.82) is 0 Å². The van der Waals surface area contributed by atoms with Gasteiger partial charge in [0.2, 0.25) is 0 Å². The van der Waals surface area contributed by atoms with Crippen LogP contribution in [0.3, 0.4) is 0 Å². The third-order valence-corrected chi connectivity index (χ3v) is 1.68. The molecule has 1 rings (SSSR count). The highest BCUT2D eigenvalue weighted by molar-refractivity contribution is 5.42. The molecule has 0 spiro atoms. The number of phenols is 1. The molecule has 0 aromatic heterocycles. The minimum atomic E-state index is -0.315. The molecule has 0 aliphatic rings. The van der Waals surface area contributed by atoms with Crippen molar-refractivity contribution in [2.75, 3.05) is 0 Å². The molecule has 0 saturated heterocycles. The van der Waals surface area contributed by atoms with Crippen molar-refractivity contribution >= 4 is 0 Å². The fourth-order valence-electron chi connectivity index (χ4n) is 1.10. The van der Waals surface area contributed by atoms with E-state index in [1.807, 2.05) is 20.8 Å². The van der Waals surface area contributed by atoms with Crippen LogP contribution in [0.4, 0.5) is 0 Å². The molecule has 0 atom stereocenters. The number of phenolic OH excluding ortho intramolecular Hbond substituents is 1. The van der Waals surface area contributed by atoms with Crippen molar-refractivity contribution in [1.82, 2.24) is 0 Å². The van der Waals surface area contributed by atoms with Gasteiger partial charge in [-0.15, -0.1) is 0 Å². The summed E-state index contributed by atoms with van der Waals surface area (Å²) in [5.41, 5.74) is 6.13. The van der Waals surface area contributed by atoms with E-state index in [1.54, 1.807) is 18.2 Å². The third-order valence-electron chi connectivity index (χ3n) is 1.68. The first-order chi connectivity index (χ1) is 6.42. The topological polar surface area (TPSA) is 55.5 Å². The van der Waals surface area contributed by atoms with Gasteiger partial charge in [0.05, 0.1) is 0 Å². The van der Waals surface area contributed by atoms with Crippen LogP contribution in [0.2, 0.25) is 0 Å². The van der Waals surface area contributed by atoms with Crippen molar-refractivity contribution < 1.29 is 9.84 Å². The SMILES string of the molecule is CC(C)(C)Oc1cc(CN)ccc1O. The third kappa shape index (κ3) is 2.92. The van der Waals surface area contributed by atoms with Crippen LogP contribution in [0.1, 0.15) is 26.3 Å². The predicted molar refractivity (Wildman–Crippen MR) is 56.4 cm³/mol. The minimum Gasteiger partial charge on any atom is -0.504 e. The van der Waals surface area contributed by atoms with Gasteiger partial charge in [0.25, 0.3) is 0 Å². The molecule has 0 radical (unpaired) electrons. The number of ether oxygens (including phenoxy) is 1. The summed E-state index contributed by atoms with van der Waals surface area (Å²) in [6, 6.07) is 5.15. The Morgan fingerprint density at radius 3 is 2.50 bits per heavy atom. The second-order valence-electron chi connectivity index (χ2n) is 4.22. The minimum absolute atomic E-state index is 0.150. The molecule has 3 N–H and O–H groups in total. The van der Waals surface area contributed by atoms with Crippen LogP contribution in [-0.2, 0) is 6.54 Å². The lowest BCUT2D eigenvalue weighted by Gasteiger charge is -2.22. The van der Waals surface area contributed by atoms with Gasteiger partial charge in [0.15, 0.2) is 11.5 Å². The zero-order valence-corrected chi connectivity index (χ0v) is 8.87. The van der Waals surface area contributed by atoms with Gasteiger partial charge in [0, 0.05) is 6.54 Å². The van der Waals surface area contributed by atoms with Crippen molar-refractivity contribution in [2.45, 2.75) is 32.9 Å². The van der Waals surface area contributed by atoms with Gasteiger partial charge in [0.1, 0.15) is 5.60 Å². The van der Waals surface area contributed by atoms with Crippen molar-refractivity contribution in [3.63, 3.8) is 0 Å². The van der Waals surface area contributed by atoms with E-state index < -0.39 is 0 Å². The molecule has 0 saturated carbocycles. The zero-order valence-electron chi connectivity index (χ0n) is 8.87. The number of nitrogens with two attached hydrogens (primary N) is 1. The summed E-state index contributed by atoms with van der Waals surface area (Å²) in [5, 5.41) is 9.53. The first-order valence-electron chi connectivity index (χ1n) is 4.63. The smallest absolute Gasteiger partial charge is 0.162 e. The summed E-state index contributed by atoms with van der Waals surface area (Å²) in [5.74, 6) is 0.637. The van der Waals surface area contributed by atoms with Crippen LogP contribution in [0.15, 0.2) is 18.2 Å². The highest BCUT2D eigenvalue weighted by Gasteiger charge is 2.14. The number of rotatable bonds is 2. The van der Waals surface area contributed by atoms with E-state index in [4.69, 9.17) is 10.5 Å². The molecule has 0 fully saturated rings. The summed E-state index contributed by atoms with van der Waals surface area (Å²) >= 11 is 0. The summed E-state index contributed by atoms with van der Waals surface area (Å²) < 4.78 is 5.57. The van der Waals surface area contributed by atoms with E-state index in [9.17, 15) is 5.11 Å². The van der Waals surface area contributed by atoms with Gasteiger partial charge < -0.3 is 15.6 Å². The average Bonchev–Trinajstić information content (AvgIpc) is 2.06. The quantitative estimate of drug-likeness (QED) is 0.759. The molecule has 14 heavy (non-hydrogen) atoms. The maximum atomic E-state index is 9.53. The molecule has 0 bridgehead atoms. The molecule has 1 aromatic rings. The Balaban J connectivity index is 2.95. The average molecular weight is 195 g/mol. The van der Waals surface area contributed by atoms with Crippen LogP contribution in [0.25, 0.3) is 0 Å². The Morgan fingerprint density at radius 2 is 2.00 bits per heavy atom. The maximum absolute atomic E-state index is 9.53. The van der Waals surface area contributed by atoms with Crippen LogP contribution < -0.4 is 10.5 Å². The highest BCUT2D eigenvalue weighted by atomic mass is 16.5. The molecule has 0 heterocycles. The number of benzene rings is 1. The van der Waals surface area contributed by atoms with E-state index in [1.165, 1.54) is 0 Å². The van der Waals surface area contributed by atoms with Crippen molar-refractivity contribution in [2.24, 2.45) is 5.73 Å². The molecule has 0 aliphatic carbocycles. The summed E-state index contributed by atoms with van der Waals surface area (Å²) in [7, 11) is 0. The Labute approximate surface area is 84.5 Å². The summed E-state index contributed by atoms with van der Waals surface area (Å²) in [4.78, 5) is 0. The van der Waals surface area contributed by atoms with E-state index in [2.05, 4.69) is 0 Å². The molecule has 1 aromatic carbocycles. The number of hydrogen-bond acceptors (Lipinski definition) is 3. The fourth-order valence-corrected chi connectivity index (χ4v) is 1.10. The van der Waals surface area contributed by atoms with Crippen molar-refractivity contribution in [3.8, 4) is 11.5 Å². The number of aromatic hydroxyl groups is 1. The predicted octanol–water partition coefficient (Wildman–Crippen LogP) is 2.03. The second-order valence-corrected chi connectivity index (χ2v) is 4.22. The van der Waals surface area contributed by atoms with E-state index in [0.717, 1.165) is 5.56 Å². The van der Waals surface area contributed by atoms with E-state index in [0.29, 0.717) is 12.3 Å². The number of hydrogen-bond donors (Lipinski definition) is 2. The lowest BCUT2D eigenvalue weighted by Crippen LogP contribution is -2.23. The molecule has 0 unspecified atom stereocenters. The standard InChI is InChI=1S/C11H17NO2/c1-11(2,3)14-10-6-8(7-12)4-5-9(10)13/h4-6,13H,7,12H2,1-3H3. The Hall–Kier alpha value is -1.22. The molecule has 0 amide bonds. The van der Waals surface area contributed by atoms with E-state index in [-0.39, 0.29) is 11.4 Å². The molecule has 0 aliphatic heterocycles. The van der Waals surface area contributed by atoms with Gasteiger partial charge in [-0.05, 0) is 38.5 Å².